The Morgan fingerprint density at radius 3 is 2.56 bits per heavy atom. The Kier molecular flexibility index (Phi) is 4.77. The number of amides is 1. The molecule has 0 radical (unpaired) electrons. The Hall–Kier alpha value is -2.40. The maximum Gasteiger partial charge on any atom is 0.264 e. The lowest BCUT2D eigenvalue weighted by Crippen LogP contribution is -2.47. The van der Waals surface area contributed by atoms with Gasteiger partial charge in [-0.1, -0.05) is 17.7 Å². The van der Waals surface area contributed by atoms with E-state index in [-0.39, 0.29) is 18.7 Å². The molecule has 1 atom stereocenters. The molecule has 0 aliphatic carbocycles. The molecular weight excluding hydrogens is 342 g/mol. The van der Waals surface area contributed by atoms with Crippen molar-refractivity contribution in [3.63, 3.8) is 0 Å². The molecule has 1 heterocycles. The summed E-state index contributed by atoms with van der Waals surface area (Å²) >= 11 is 5.87. The monoisotopic (exact) mass is 361 g/mol. The van der Waals surface area contributed by atoms with Crippen molar-refractivity contribution >= 4 is 17.5 Å². The second-order valence-corrected chi connectivity index (χ2v) is 6.81. The molecular formula is C19H20ClNO4. The number of nitrogens with one attached hydrogen (secondary N) is 1. The van der Waals surface area contributed by atoms with Crippen molar-refractivity contribution in [2.75, 3.05) is 6.79 Å². The van der Waals surface area contributed by atoms with Gasteiger partial charge in [-0.3, -0.25) is 4.79 Å². The third kappa shape index (κ3) is 3.99. The highest BCUT2D eigenvalue weighted by atomic mass is 35.5. The zero-order valence-corrected chi connectivity index (χ0v) is 15.1. The van der Waals surface area contributed by atoms with Crippen LogP contribution in [-0.2, 0) is 4.79 Å². The van der Waals surface area contributed by atoms with E-state index in [1.54, 1.807) is 38.1 Å². The van der Waals surface area contributed by atoms with E-state index >= 15 is 0 Å². The number of benzene rings is 2. The van der Waals surface area contributed by atoms with Gasteiger partial charge >= 0.3 is 0 Å². The minimum atomic E-state index is -1.03. The summed E-state index contributed by atoms with van der Waals surface area (Å²) in [6, 6.07) is 12.3. The lowest BCUT2D eigenvalue weighted by molar-refractivity contribution is -0.134. The summed E-state index contributed by atoms with van der Waals surface area (Å²) < 4.78 is 16.5. The van der Waals surface area contributed by atoms with E-state index in [2.05, 4.69) is 5.32 Å². The quantitative estimate of drug-likeness (QED) is 0.871. The Morgan fingerprint density at radius 1 is 1.16 bits per heavy atom. The zero-order valence-electron chi connectivity index (χ0n) is 14.3. The van der Waals surface area contributed by atoms with Crippen LogP contribution in [-0.4, -0.2) is 18.3 Å². The van der Waals surface area contributed by atoms with E-state index in [1.165, 1.54) is 0 Å². The summed E-state index contributed by atoms with van der Waals surface area (Å²) in [5, 5.41) is 3.59. The van der Waals surface area contributed by atoms with Crippen molar-refractivity contribution in [2.24, 2.45) is 0 Å². The second-order valence-electron chi connectivity index (χ2n) is 6.37. The third-order valence-corrected chi connectivity index (χ3v) is 4.23. The summed E-state index contributed by atoms with van der Waals surface area (Å²) in [7, 11) is 0. The van der Waals surface area contributed by atoms with Gasteiger partial charge in [0, 0.05) is 5.02 Å². The first-order valence-corrected chi connectivity index (χ1v) is 8.38. The van der Waals surface area contributed by atoms with Gasteiger partial charge in [0.25, 0.3) is 5.91 Å². The molecule has 0 saturated carbocycles. The molecule has 6 heteroatoms. The van der Waals surface area contributed by atoms with Crippen LogP contribution in [0.5, 0.6) is 17.2 Å². The highest BCUT2D eigenvalue weighted by Crippen LogP contribution is 2.34. The van der Waals surface area contributed by atoms with E-state index in [9.17, 15) is 4.79 Å². The molecule has 0 bridgehead atoms. The van der Waals surface area contributed by atoms with Gasteiger partial charge in [0.05, 0.1) is 6.04 Å². The number of hydrogen-bond donors (Lipinski definition) is 1. The molecule has 1 N–H and O–H groups in total. The van der Waals surface area contributed by atoms with Gasteiger partial charge in [0.1, 0.15) is 5.75 Å². The number of rotatable bonds is 5. The van der Waals surface area contributed by atoms with E-state index < -0.39 is 5.60 Å². The van der Waals surface area contributed by atoms with E-state index in [1.807, 2.05) is 25.1 Å². The first-order chi connectivity index (χ1) is 11.8. The topological polar surface area (TPSA) is 56.8 Å². The summed E-state index contributed by atoms with van der Waals surface area (Å²) in [6.45, 7) is 5.59. The largest absolute Gasteiger partial charge is 0.478 e. The summed E-state index contributed by atoms with van der Waals surface area (Å²) in [5.74, 6) is 1.77. The molecule has 0 fully saturated rings. The van der Waals surface area contributed by atoms with Crippen molar-refractivity contribution in [1.29, 1.82) is 0 Å². The third-order valence-electron chi connectivity index (χ3n) is 3.98. The predicted octanol–water partition coefficient (Wildman–Crippen LogP) is 4.10. The molecule has 25 heavy (non-hydrogen) atoms. The van der Waals surface area contributed by atoms with Crippen LogP contribution in [0, 0.1) is 0 Å². The fourth-order valence-electron chi connectivity index (χ4n) is 2.48. The molecule has 2 aromatic carbocycles. The van der Waals surface area contributed by atoms with Crippen molar-refractivity contribution in [2.45, 2.75) is 32.4 Å². The lowest BCUT2D eigenvalue weighted by Gasteiger charge is -2.27. The number of fused-ring (bicyclic) bond motifs is 1. The Morgan fingerprint density at radius 2 is 1.84 bits per heavy atom. The molecule has 1 unspecified atom stereocenters. The maximum atomic E-state index is 12.6. The minimum absolute atomic E-state index is 0.199. The predicted molar refractivity (Wildman–Crippen MR) is 95.3 cm³/mol. The molecule has 132 valence electrons. The van der Waals surface area contributed by atoms with Crippen molar-refractivity contribution in [3.05, 3.63) is 53.1 Å². The molecule has 3 rings (SSSR count). The van der Waals surface area contributed by atoms with E-state index in [4.69, 9.17) is 25.8 Å². The molecule has 0 spiro atoms. The average Bonchev–Trinajstić information content (AvgIpc) is 3.04. The molecule has 2 aromatic rings. The standard InChI is InChI=1S/C19H20ClNO4/c1-12(13-4-9-16-17(10-13)24-11-23-16)21-18(22)19(2,3)25-15-7-5-14(20)6-8-15/h4-10,12H,11H2,1-3H3,(H,21,22). The number of ether oxygens (including phenoxy) is 3. The Balaban J connectivity index is 1.66. The van der Waals surface area contributed by atoms with Gasteiger partial charge in [0.2, 0.25) is 6.79 Å². The summed E-state index contributed by atoms with van der Waals surface area (Å²) in [5.41, 5.74) is -0.0989. The number of halogens is 1. The van der Waals surface area contributed by atoms with E-state index in [0.717, 1.165) is 5.56 Å². The zero-order chi connectivity index (χ0) is 18.0. The highest BCUT2D eigenvalue weighted by molar-refractivity contribution is 6.30. The van der Waals surface area contributed by atoms with Crippen molar-refractivity contribution in [3.8, 4) is 17.2 Å². The normalized spacial score (nSPS) is 14.1. The fraction of sp³-hybridized carbons (Fsp3) is 0.316. The maximum absolute atomic E-state index is 12.6. The second kappa shape index (κ2) is 6.84. The molecule has 0 aromatic heterocycles. The van der Waals surface area contributed by atoms with Crippen molar-refractivity contribution < 1.29 is 19.0 Å². The smallest absolute Gasteiger partial charge is 0.264 e. The van der Waals surface area contributed by atoms with Crippen LogP contribution in [0.1, 0.15) is 32.4 Å². The van der Waals surface area contributed by atoms with Crippen LogP contribution in [0.4, 0.5) is 0 Å². The van der Waals surface area contributed by atoms with Gasteiger partial charge in [-0.15, -0.1) is 0 Å². The first kappa shape index (κ1) is 17.4. The number of carbonyl (C=O) groups excluding carboxylic acids is 1. The fourth-order valence-corrected chi connectivity index (χ4v) is 2.61. The van der Waals surface area contributed by atoms with Crippen LogP contribution < -0.4 is 19.5 Å². The van der Waals surface area contributed by atoms with Gasteiger partial charge in [-0.2, -0.15) is 0 Å². The van der Waals surface area contributed by atoms with Crippen LogP contribution in [0.15, 0.2) is 42.5 Å². The SMILES string of the molecule is CC(NC(=O)C(C)(C)Oc1ccc(Cl)cc1)c1ccc2c(c1)OCO2. The van der Waals surface area contributed by atoms with Gasteiger partial charge in [0.15, 0.2) is 17.1 Å². The van der Waals surface area contributed by atoms with Crippen LogP contribution >= 0.6 is 11.6 Å². The number of carbonyl (C=O) groups is 1. The summed E-state index contributed by atoms with van der Waals surface area (Å²) in [4.78, 5) is 12.6. The molecule has 5 nitrogen and oxygen atoms in total. The van der Waals surface area contributed by atoms with Gasteiger partial charge < -0.3 is 19.5 Å². The summed E-state index contributed by atoms with van der Waals surface area (Å²) in [6.07, 6.45) is 0. The Labute approximate surface area is 151 Å². The van der Waals surface area contributed by atoms with E-state index in [0.29, 0.717) is 22.3 Å². The van der Waals surface area contributed by atoms with Crippen LogP contribution in [0.2, 0.25) is 5.02 Å². The molecule has 1 aliphatic heterocycles. The van der Waals surface area contributed by atoms with Gasteiger partial charge in [-0.05, 0) is 62.7 Å². The first-order valence-electron chi connectivity index (χ1n) is 8.00. The Bertz CT molecular complexity index is 773. The van der Waals surface area contributed by atoms with Crippen molar-refractivity contribution in [1.82, 2.24) is 5.32 Å². The highest BCUT2D eigenvalue weighted by Gasteiger charge is 2.31. The molecule has 1 aliphatic rings. The average molecular weight is 362 g/mol. The minimum Gasteiger partial charge on any atom is -0.478 e. The van der Waals surface area contributed by atoms with Crippen LogP contribution in [0.3, 0.4) is 0 Å². The van der Waals surface area contributed by atoms with Gasteiger partial charge in [-0.25, -0.2) is 0 Å². The van der Waals surface area contributed by atoms with Crippen LogP contribution in [0.25, 0.3) is 0 Å². The molecule has 1 amide bonds. The lowest BCUT2D eigenvalue weighted by atomic mass is 10.0. The molecule has 0 saturated heterocycles. The number of hydrogen-bond acceptors (Lipinski definition) is 4.